The fourth-order valence-electron chi connectivity index (χ4n) is 1.98. The fourth-order valence-corrected chi connectivity index (χ4v) is 1.98. The van der Waals surface area contributed by atoms with E-state index in [0.717, 1.165) is 0 Å². The number of rotatable bonds is 4. The molecule has 118 valence electrons. The van der Waals surface area contributed by atoms with Crippen molar-refractivity contribution in [3.05, 3.63) is 41.4 Å². The third-order valence-corrected chi connectivity index (χ3v) is 3.00. The zero-order valence-corrected chi connectivity index (χ0v) is 12.5. The van der Waals surface area contributed by atoms with Crippen LogP contribution in [0.5, 0.6) is 0 Å². The molecule has 0 aliphatic rings. The van der Waals surface area contributed by atoms with Gasteiger partial charge >= 0.3 is 5.97 Å². The number of fused-ring (bicyclic) bond motifs is 1. The van der Waals surface area contributed by atoms with Crippen LogP contribution in [-0.2, 0) is 9.53 Å². The Bertz CT molecular complexity index is 838. The number of hydrogen-bond donors (Lipinski definition) is 2. The van der Waals surface area contributed by atoms with Crippen LogP contribution in [0.3, 0.4) is 0 Å². The van der Waals surface area contributed by atoms with Gasteiger partial charge in [-0.25, -0.2) is 4.79 Å². The van der Waals surface area contributed by atoms with Crippen molar-refractivity contribution in [2.45, 2.75) is 13.8 Å². The second-order valence-corrected chi connectivity index (χ2v) is 4.55. The molecule has 2 N–H and O–H groups in total. The first-order chi connectivity index (χ1) is 11.0. The number of aliphatic hydroxyl groups excluding tert-OH is 1. The number of nitrogens with one attached hydrogen (secondary N) is 1. The minimum Gasteiger partial charge on any atom is -0.511 e. The zero-order valence-electron chi connectivity index (χ0n) is 12.5. The van der Waals surface area contributed by atoms with Crippen molar-refractivity contribution >= 4 is 28.5 Å². The van der Waals surface area contributed by atoms with E-state index >= 15 is 0 Å². The summed E-state index contributed by atoms with van der Waals surface area (Å²) in [6, 6.07) is 8.31. The highest BCUT2D eigenvalue weighted by molar-refractivity contribution is 6.14. The normalized spacial score (nSPS) is 11.5. The van der Waals surface area contributed by atoms with Gasteiger partial charge in [-0.3, -0.25) is 4.79 Å². The van der Waals surface area contributed by atoms with Crippen molar-refractivity contribution < 1.29 is 23.8 Å². The van der Waals surface area contributed by atoms with E-state index in [0.29, 0.717) is 11.0 Å². The Morgan fingerprint density at radius 1 is 1.39 bits per heavy atom. The molecule has 1 amide bonds. The average molecular weight is 314 g/mol. The number of carbonyl (C=O) groups excluding carboxylic acids is 2. The molecule has 0 aliphatic heterocycles. The number of aliphatic hydroxyl groups is 1. The maximum atomic E-state index is 12.1. The molecule has 0 atom stereocenters. The zero-order chi connectivity index (χ0) is 17.0. The molecule has 0 spiro atoms. The van der Waals surface area contributed by atoms with Gasteiger partial charge in [0.05, 0.1) is 6.61 Å². The van der Waals surface area contributed by atoms with E-state index in [1.54, 1.807) is 37.3 Å². The molecule has 23 heavy (non-hydrogen) atoms. The number of anilines is 1. The second-order valence-electron chi connectivity index (χ2n) is 4.55. The number of nitriles is 1. The van der Waals surface area contributed by atoms with Crippen molar-refractivity contribution in [3.8, 4) is 6.07 Å². The van der Waals surface area contributed by atoms with Crippen LogP contribution in [0, 0.1) is 11.3 Å². The average Bonchev–Trinajstić information content (AvgIpc) is 2.87. The Kier molecular flexibility index (Phi) is 4.66. The van der Waals surface area contributed by atoms with Crippen molar-refractivity contribution in [1.29, 1.82) is 5.26 Å². The van der Waals surface area contributed by atoms with E-state index < -0.39 is 23.2 Å². The van der Waals surface area contributed by atoms with Gasteiger partial charge < -0.3 is 19.6 Å². The lowest BCUT2D eigenvalue weighted by Gasteiger charge is -2.05. The SMILES string of the molecule is CCOC(=O)c1oc2ccccc2c1NC(=O)/C(C#N)=C(/C)O. The summed E-state index contributed by atoms with van der Waals surface area (Å²) in [6.07, 6.45) is 0. The number of esters is 1. The first-order valence-electron chi connectivity index (χ1n) is 6.79. The van der Waals surface area contributed by atoms with Gasteiger partial charge in [-0.15, -0.1) is 0 Å². The molecule has 1 aromatic heterocycles. The number of furan rings is 1. The highest BCUT2D eigenvalue weighted by atomic mass is 16.5. The summed E-state index contributed by atoms with van der Waals surface area (Å²) in [6.45, 7) is 3.00. The predicted molar refractivity (Wildman–Crippen MR) is 81.7 cm³/mol. The van der Waals surface area contributed by atoms with Crippen molar-refractivity contribution in [1.82, 2.24) is 0 Å². The summed E-state index contributed by atoms with van der Waals surface area (Å²) in [5.41, 5.74) is 0.0252. The van der Waals surface area contributed by atoms with Crippen LogP contribution in [-0.4, -0.2) is 23.6 Å². The van der Waals surface area contributed by atoms with Gasteiger partial charge in [-0.2, -0.15) is 5.26 Å². The number of amides is 1. The number of carbonyl (C=O) groups is 2. The van der Waals surface area contributed by atoms with Gasteiger partial charge in [0.25, 0.3) is 5.91 Å². The number of ether oxygens (including phenoxy) is 1. The molecule has 0 radical (unpaired) electrons. The monoisotopic (exact) mass is 314 g/mol. The summed E-state index contributed by atoms with van der Waals surface area (Å²) in [7, 11) is 0. The maximum absolute atomic E-state index is 12.1. The molecule has 1 aromatic carbocycles. The second kappa shape index (κ2) is 6.66. The van der Waals surface area contributed by atoms with Crippen LogP contribution >= 0.6 is 0 Å². The van der Waals surface area contributed by atoms with Crippen LogP contribution in [0.4, 0.5) is 5.69 Å². The number of para-hydroxylation sites is 1. The van der Waals surface area contributed by atoms with E-state index in [9.17, 15) is 14.7 Å². The highest BCUT2D eigenvalue weighted by Crippen LogP contribution is 2.31. The largest absolute Gasteiger partial charge is 0.511 e. The molecule has 0 unspecified atom stereocenters. The molecule has 0 saturated carbocycles. The predicted octanol–water partition coefficient (Wildman–Crippen LogP) is 2.90. The smallest absolute Gasteiger partial charge is 0.376 e. The standard InChI is InChI=1S/C16H14N2O5/c1-3-22-16(21)14-13(10-6-4-5-7-12(10)23-14)18-15(20)11(8-17)9(2)19/h4-7,19H,3H2,1-2H3,(H,18,20)/b11-9-. The van der Waals surface area contributed by atoms with Crippen molar-refractivity contribution in [2.75, 3.05) is 11.9 Å². The Morgan fingerprint density at radius 2 is 2.09 bits per heavy atom. The lowest BCUT2D eigenvalue weighted by atomic mass is 10.2. The van der Waals surface area contributed by atoms with E-state index in [1.807, 2.05) is 0 Å². The summed E-state index contributed by atoms with van der Waals surface area (Å²) < 4.78 is 10.3. The molecular formula is C16H14N2O5. The quantitative estimate of drug-likeness (QED) is 0.388. The Labute approximate surface area is 131 Å². The number of hydrogen-bond acceptors (Lipinski definition) is 6. The number of allylic oxidation sites excluding steroid dienone is 1. The van der Waals surface area contributed by atoms with Crippen molar-refractivity contribution in [2.24, 2.45) is 0 Å². The molecule has 2 rings (SSSR count). The summed E-state index contributed by atoms with van der Waals surface area (Å²) in [4.78, 5) is 24.1. The van der Waals surface area contributed by atoms with Crippen LogP contribution < -0.4 is 5.32 Å². The molecule has 0 bridgehead atoms. The van der Waals surface area contributed by atoms with Gasteiger partial charge in [0.15, 0.2) is 5.57 Å². The van der Waals surface area contributed by atoms with Gasteiger partial charge in [-0.05, 0) is 26.0 Å². The first-order valence-corrected chi connectivity index (χ1v) is 6.79. The molecule has 1 heterocycles. The van der Waals surface area contributed by atoms with Crippen molar-refractivity contribution in [3.63, 3.8) is 0 Å². The molecule has 7 heteroatoms. The highest BCUT2D eigenvalue weighted by Gasteiger charge is 2.24. The summed E-state index contributed by atoms with van der Waals surface area (Å²) in [5, 5.41) is 21.2. The topological polar surface area (TPSA) is 113 Å². The molecular weight excluding hydrogens is 300 g/mol. The molecule has 0 aliphatic carbocycles. The maximum Gasteiger partial charge on any atom is 0.376 e. The van der Waals surface area contributed by atoms with E-state index in [4.69, 9.17) is 14.4 Å². The van der Waals surface area contributed by atoms with Gasteiger partial charge in [0.2, 0.25) is 5.76 Å². The van der Waals surface area contributed by atoms with E-state index in [-0.39, 0.29) is 18.1 Å². The van der Waals surface area contributed by atoms with Gasteiger partial charge in [0.1, 0.15) is 23.1 Å². The van der Waals surface area contributed by atoms with E-state index in [1.165, 1.54) is 6.92 Å². The molecule has 0 saturated heterocycles. The lowest BCUT2D eigenvalue weighted by molar-refractivity contribution is -0.112. The molecule has 7 nitrogen and oxygen atoms in total. The number of nitrogens with zero attached hydrogens (tertiary/aromatic N) is 1. The Morgan fingerprint density at radius 3 is 2.70 bits per heavy atom. The number of benzene rings is 1. The van der Waals surface area contributed by atoms with E-state index in [2.05, 4.69) is 5.32 Å². The Hall–Kier alpha value is -3.27. The minimum atomic E-state index is -0.843. The van der Waals surface area contributed by atoms with Crippen LogP contribution in [0.15, 0.2) is 40.0 Å². The third kappa shape index (κ3) is 3.16. The Balaban J connectivity index is 2.52. The summed E-state index contributed by atoms with van der Waals surface area (Å²) in [5.74, 6) is -2.17. The first kappa shape index (κ1) is 16.1. The van der Waals surface area contributed by atoms with Gasteiger partial charge in [0, 0.05) is 5.39 Å². The molecule has 2 aromatic rings. The fraction of sp³-hybridized carbons (Fsp3) is 0.188. The van der Waals surface area contributed by atoms with Crippen LogP contribution in [0.2, 0.25) is 0 Å². The van der Waals surface area contributed by atoms with Crippen LogP contribution in [0.1, 0.15) is 24.4 Å². The lowest BCUT2D eigenvalue weighted by Crippen LogP contribution is -2.17. The third-order valence-electron chi connectivity index (χ3n) is 3.00. The van der Waals surface area contributed by atoms with Gasteiger partial charge in [-0.1, -0.05) is 12.1 Å². The minimum absolute atomic E-state index is 0.0954. The van der Waals surface area contributed by atoms with Crippen LogP contribution in [0.25, 0.3) is 11.0 Å². The summed E-state index contributed by atoms with van der Waals surface area (Å²) >= 11 is 0. The molecule has 0 fully saturated rings.